The van der Waals surface area contributed by atoms with Crippen molar-refractivity contribution in [2.75, 3.05) is 0 Å². The summed E-state index contributed by atoms with van der Waals surface area (Å²) in [6, 6.07) is 48.6. The lowest BCUT2D eigenvalue weighted by Crippen LogP contribution is -2.24. The van der Waals surface area contributed by atoms with Crippen LogP contribution in [0.3, 0.4) is 0 Å². The zero-order valence-electron chi connectivity index (χ0n) is 20.9. The molecule has 0 aromatic heterocycles. The first kappa shape index (κ1) is 21.3. The third-order valence-electron chi connectivity index (χ3n) is 8.21. The van der Waals surface area contributed by atoms with E-state index in [-0.39, 0.29) is 0 Å². The van der Waals surface area contributed by atoms with E-state index in [1.54, 1.807) is 0 Å². The van der Waals surface area contributed by atoms with E-state index in [0.717, 1.165) is 12.1 Å². The summed E-state index contributed by atoms with van der Waals surface area (Å²) in [7, 11) is 0. The van der Waals surface area contributed by atoms with Crippen LogP contribution in [0.15, 0.2) is 138 Å². The zero-order chi connectivity index (χ0) is 25.1. The third-order valence-corrected chi connectivity index (χ3v) is 8.21. The van der Waals surface area contributed by atoms with Crippen molar-refractivity contribution in [2.45, 2.75) is 12.3 Å². The highest BCUT2D eigenvalue weighted by molar-refractivity contribution is 6.15. The monoisotopic (exact) mass is 483 g/mol. The Morgan fingerprint density at radius 1 is 0.474 bits per heavy atom. The molecule has 0 saturated carbocycles. The number of benzene rings is 6. The summed E-state index contributed by atoms with van der Waals surface area (Å²) in [6.45, 7) is 0. The highest BCUT2D eigenvalue weighted by atomic mass is 14.8. The molecular formula is C37H25N. The average molecular weight is 484 g/mol. The van der Waals surface area contributed by atoms with Gasteiger partial charge in [-0.15, -0.1) is 0 Å². The Kier molecular flexibility index (Phi) is 4.72. The minimum absolute atomic E-state index is 0.291. The molecule has 0 bridgehead atoms. The van der Waals surface area contributed by atoms with E-state index in [0.29, 0.717) is 5.92 Å². The number of rotatable bonds is 2. The van der Waals surface area contributed by atoms with Gasteiger partial charge in [-0.25, -0.2) is 0 Å². The van der Waals surface area contributed by atoms with Crippen molar-refractivity contribution in [3.8, 4) is 33.4 Å². The van der Waals surface area contributed by atoms with Gasteiger partial charge in [-0.05, 0) is 79.9 Å². The van der Waals surface area contributed by atoms with Crippen molar-refractivity contribution in [3.05, 3.63) is 150 Å². The van der Waals surface area contributed by atoms with Crippen LogP contribution in [0.1, 0.15) is 22.6 Å². The number of aliphatic imine (C=N–C) groups is 1. The molecule has 0 N–H and O–H groups in total. The van der Waals surface area contributed by atoms with Crippen LogP contribution in [0.5, 0.6) is 0 Å². The largest absolute Gasteiger partial charge is 0.252 e. The third kappa shape index (κ3) is 3.36. The molecule has 1 aliphatic carbocycles. The molecule has 1 heteroatoms. The maximum Gasteiger partial charge on any atom is 0.0665 e. The van der Waals surface area contributed by atoms with Gasteiger partial charge >= 0.3 is 0 Å². The smallest absolute Gasteiger partial charge is 0.0665 e. The van der Waals surface area contributed by atoms with Crippen LogP contribution in [0.2, 0.25) is 0 Å². The molecule has 2 aliphatic rings. The van der Waals surface area contributed by atoms with Gasteiger partial charge in [-0.3, -0.25) is 4.99 Å². The molecule has 38 heavy (non-hydrogen) atoms. The van der Waals surface area contributed by atoms with Crippen LogP contribution < -0.4 is 0 Å². The van der Waals surface area contributed by atoms with Gasteiger partial charge in [-0.2, -0.15) is 0 Å². The van der Waals surface area contributed by atoms with Crippen LogP contribution in [0.25, 0.3) is 44.2 Å². The van der Waals surface area contributed by atoms with Crippen molar-refractivity contribution in [1.29, 1.82) is 0 Å². The molecule has 1 unspecified atom stereocenters. The second-order valence-corrected chi connectivity index (χ2v) is 10.4. The molecule has 0 fully saturated rings. The standard InChI is InChI=1S/C37H25N/c1-2-8-27-21-28(18-17-24(27)7-1)25-13-15-26(16-14-25)29-19-20-33-31-10-4-5-11-32(31)35-23-30-9-3-6-12-36(30)38-37(35)34(33)22-29/h1-22,35H,23H2. The zero-order valence-corrected chi connectivity index (χ0v) is 20.9. The highest BCUT2D eigenvalue weighted by Gasteiger charge is 2.33. The Morgan fingerprint density at radius 2 is 1.13 bits per heavy atom. The van der Waals surface area contributed by atoms with Crippen LogP contribution >= 0.6 is 0 Å². The molecule has 0 radical (unpaired) electrons. The molecule has 0 spiro atoms. The molecule has 1 heterocycles. The van der Waals surface area contributed by atoms with Gasteiger partial charge < -0.3 is 0 Å². The Hall–Kier alpha value is -4.75. The summed E-state index contributed by atoms with van der Waals surface area (Å²) < 4.78 is 0. The molecular weight excluding hydrogens is 458 g/mol. The number of hydrogen-bond donors (Lipinski definition) is 0. The van der Waals surface area contributed by atoms with Crippen molar-refractivity contribution < 1.29 is 0 Å². The lowest BCUT2D eigenvalue weighted by atomic mass is 9.73. The topological polar surface area (TPSA) is 12.4 Å². The number of nitrogens with zero attached hydrogens (tertiary/aromatic N) is 1. The van der Waals surface area contributed by atoms with Gasteiger partial charge in [0.05, 0.1) is 11.4 Å². The van der Waals surface area contributed by atoms with Crippen LogP contribution in [-0.4, -0.2) is 5.71 Å². The van der Waals surface area contributed by atoms with Gasteiger partial charge in [0.2, 0.25) is 0 Å². The fraction of sp³-hybridized carbons (Fsp3) is 0.0541. The van der Waals surface area contributed by atoms with E-state index in [1.807, 2.05) is 0 Å². The molecule has 8 rings (SSSR count). The van der Waals surface area contributed by atoms with Crippen LogP contribution in [-0.2, 0) is 6.42 Å². The van der Waals surface area contributed by atoms with Gasteiger partial charge in [0.1, 0.15) is 0 Å². The van der Waals surface area contributed by atoms with Crippen LogP contribution in [0.4, 0.5) is 5.69 Å². The predicted molar refractivity (Wildman–Crippen MR) is 159 cm³/mol. The van der Waals surface area contributed by atoms with Crippen molar-refractivity contribution in [3.63, 3.8) is 0 Å². The maximum atomic E-state index is 5.24. The summed E-state index contributed by atoms with van der Waals surface area (Å²) >= 11 is 0. The molecule has 1 nitrogen and oxygen atoms in total. The normalized spacial score (nSPS) is 15.2. The molecule has 178 valence electrons. The van der Waals surface area contributed by atoms with Crippen LogP contribution in [0, 0.1) is 0 Å². The Labute approximate surface area is 222 Å². The van der Waals surface area contributed by atoms with Crippen molar-refractivity contribution >= 4 is 22.2 Å². The van der Waals surface area contributed by atoms with E-state index in [2.05, 4.69) is 133 Å². The predicted octanol–water partition coefficient (Wildman–Crippen LogP) is 9.61. The summed E-state index contributed by atoms with van der Waals surface area (Å²) in [5.74, 6) is 0.291. The summed E-state index contributed by atoms with van der Waals surface area (Å²) in [5, 5.41) is 2.54. The highest BCUT2D eigenvalue weighted by Crippen LogP contribution is 2.46. The summed E-state index contributed by atoms with van der Waals surface area (Å²) in [4.78, 5) is 5.24. The summed E-state index contributed by atoms with van der Waals surface area (Å²) in [6.07, 6.45) is 0.996. The van der Waals surface area contributed by atoms with E-state index in [9.17, 15) is 0 Å². The first-order valence-corrected chi connectivity index (χ1v) is 13.3. The lowest BCUT2D eigenvalue weighted by molar-refractivity contribution is 0.855. The van der Waals surface area contributed by atoms with E-state index < -0.39 is 0 Å². The molecule has 0 saturated heterocycles. The Bertz CT molecular complexity index is 1890. The first-order valence-electron chi connectivity index (χ1n) is 13.3. The maximum absolute atomic E-state index is 5.24. The molecule has 6 aromatic rings. The number of para-hydroxylation sites is 1. The quantitative estimate of drug-likeness (QED) is 0.232. The lowest BCUT2D eigenvalue weighted by Gasteiger charge is -2.33. The molecule has 1 aliphatic heterocycles. The minimum atomic E-state index is 0.291. The SMILES string of the molecule is c1ccc2c(c1)CC1C(=N2)c2cc(-c3ccc(-c4ccc5ccccc5c4)cc3)ccc2-c2ccccc21. The average Bonchev–Trinajstić information content (AvgIpc) is 3.00. The second-order valence-electron chi connectivity index (χ2n) is 10.4. The number of hydrogen-bond acceptors (Lipinski definition) is 1. The Morgan fingerprint density at radius 3 is 2.00 bits per heavy atom. The van der Waals surface area contributed by atoms with Gasteiger partial charge in [-0.1, -0.05) is 115 Å². The van der Waals surface area contributed by atoms with Crippen molar-refractivity contribution in [1.82, 2.24) is 0 Å². The van der Waals surface area contributed by atoms with Gasteiger partial charge in [0.25, 0.3) is 0 Å². The molecule has 1 atom stereocenters. The van der Waals surface area contributed by atoms with Gasteiger partial charge in [0.15, 0.2) is 0 Å². The van der Waals surface area contributed by atoms with Gasteiger partial charge in [0, 0.05) is 11.5 Å². The minimum Gasteiger partial charge on any atom is -0.252 e. The van der Waals surface area contributed by atoms with E-state index in [1.165, 1.54) is 66.6 Å². The number of fused-ring (bicyclic) bond motifs is 8. The first-order chi connectivity index (χ1) is 18.8. The summed E-state index contributed by atoms with van der Waals surface area (Å²) in [5.41, 5.74) is 13.9. The van der Waals surface area contributed by atoms with E-state index in [4.69, 9.17) is 4.99 Å². The Balaban J connectivity index is 1.22. The second kappa shape index (κ2) is 8.39. The molecule has 6 aromatic carbocycles. The van der Waals surface area contributed by atoms with E-state index >= 15 is 0 Å². The fourth-order valence-electron chi connectivity index (χ4n) is 6.26. The molecule has 0 amide bonds. The fourth-order valence-corrected chi connectivity index (χ4v) is 6.26. The van der Waals surface area contributed by atoms with Crippen molar-refractivity contribution in [2.24, 2.45) is 4.99 Å².